The van der Waals surface area contributed by atoms with Crippen molar-refractivity contribution in [2.45, 2.75) is 6.92 Å². The molecular weight excluding hydrogens is 316 g/mol. The predicted molar refractivity (Wildman–Crippen MR) is 77.3 cm³/mol. The standard InChI is InChI=1S/C13H12BrClN2O/c1-8-3-4-10(15)11(5-8)16-13(18)12-6-9(14)7-17(12)2/h3-7H,1-2H3,(H,16,18). The van der Waals surface area contributed by atoms with Gasteiger partial charge in [-0.3, -0.25) is 4.79 Å². The Hall–Kier alpha value is -1.26. The molecule has 5 heteroatoms. The lowest BCUT2D eigenvalue weighted by Crippen LogP contribution is -2.15. The monoisotopic (exact) mass is 326 g/mol. The summed E-state index contributed by atoms with van der Waals surface area (Å²) in [6, 6.07) is 7.28. The maximum atomic E-state index is 12.1. The third kappa shape index (κ3) is 2.76. The van der Waals surface area contributed by atoms with Gasteiger partial charge < -0.3 is 9.88 Å². The number of aryl methyl sites for hydroxylation is 2. The van der Waals surface area contributed by atoms with Crippen molar-refractivity contribution in [2.24, 2.45) is 7.05 Å². The molecule has 0 fully saturated rings. The molecule has 2 rings (SSSR count). The van der Waals surface area contributed by atoms with E-state index in [0.717, 1.165) is 10.0 Å². The van der Waals surface area contributed by atoms with E-state index in [1.54, 1.807) is 16.7 Å². The first-order valence-electron chi connectivity index (χ1n) is 5.37. The maximum Gasteiger partial charge on any atom is 0.272 e. The summed E-state index contributed by atoms with van der Waals surface area (Å²) in [6.07, 6.45) is 1.83. The molecule has 0 bridgehead atoms. The van der Waals surface area contributed by atoms with Gasteiger partial charge in [0.25, 0.3) is 5.91 Å². The summed E-state index contributed by atoms with van der Waals surface area (Å²) in [6.45, 7) is 1.95. The van der Waals surface area contributed by atoms with Gasteiger partial charge in [0, 0.05) is 17.7 Å². The van der Waals surface area contributed by atoms with Crippen LogP contribution >= 0.6 is 27.5 Å². The van der Waals surface area contributed by atoms with E-state index in [1.165, 1.54) is 0 Å². The van der Waals surface area contributed by atoms with E-state index in [2.05, 4.69) is 21.2 Å². The topological polar surface area (TPSA) is 34.0 Å². The van der Waals surface area contributed by atoms with Crippen LogP contribution in [0.4, 0.5) is 5.69 Å². The highest BCUT2D eigenvalue weighted by atomic mass is 79.9. The van der Waals surface area contributed by atoms with Crippen molar-refractivity contribution in [3.8, 4) is 0 Å². The Bertz CT molecular complexity index is 607. The van der Waals surface area contributed by atoms with E-state index < -0.39 is 0 Å². The summed E-state index contributed by atoms with van der Waals surface area (Å²) >= 11 is 9.38. The van der Waals surface area contributed by atoms with Crippen molar-refractivity contribution in [1.29, 1.82) is 0 Å². The van der Waals surface area contributed by atoms with Crippen LogP contribution in [0.3, 0.4) is 0 Å². The maximum absolute atomic E-state index is 12.1. The smallest absolute Gasteiger partial charge is 0.272 e. The van der Waals surface area contributed by atoms with Crippen molar-refractivity contribution < 1.29 is 4.79 Å². The lowest BCUT2D eigenvalue weighted by Gasteiger charge is -2.08. The van der Waals surface area contributed by atoms with Crippen LogP contribution in [0, 0.1) is 6.92 Å². The molecule has 1 aromatic carbocycles. The molecule has 94 valence electrons. The first kappa shape index (κ1) is 13.2. The Labute approximate surface area is 119 Å². The van der Waals surface area contributed by atoms with E-state index in [9.17, 15) is 4.79 Å². The third-order valence-electron chi connectivity index (χ3n) is 2.57. The Kier molecular flexibility index (Phi) is 3.78. The zero-order valence-corrected chi connectivity index (χ0v) is 12.3. The first-order chi connectivity index (χ1) is 8.47. The lowest BCUT2D eigenvalue weighted by atomic mass is 10.2. The molecule has 0 aliphatic carbocycles. The number of aromatic nitrogens is 1. The molecule has 0 saturated carbocycles. The summed E-state index contributed by atoms with van der Waals surface area (Å²) < 4.78 is 2.62. The fraction of sp³-hybridized carbons (Fsp3) is 0.154. The number of hydrogen-bond acceptors (Lipinski definition) is 1. The van der Waals surface area contributed by atoms with Crippen LogP contribution in [-0.2, 0) is 7.05 Å². The Balaban J connectivity index is 2.26. The van der Waals surface area contributed by atoms with Crippen molar-refractivity contribution >= 4 is 39.1 Å². The quantitative estimate of drug-likeness (QED) is 0.888. The number of carbonyl (C=O) groups is 1. The van der Waals surface area contributed by atoms with Crippen LogP contribution < -0.4 is 5.32 Å². The normalized spacial score (nSPS) is 10.4. The number of hydrogen-bond donors (Lipinski definition) is 1. The molecule has 0 saturated heterocycles. The van der Waals surface area contributed by atoms with Gasteiger partial charge in [-0.25, -0.2) is 0 Å². The molecule has 1 aromatic heterocycles. The lowest BCUT2D eigenvalue weighted by molar-refractivity contribution is 0.101. The minimum absolute atomic E-state index is 0.185. The molecule has 0 unspecified atom stereocenters. The Morgan fingerprint density at radius 3 is 2.72 bits per heavy atom. The zero-order valence-electron chi connectivity index (χ0n) is 10.00. The minimum atomic E-state index is -0.185. The molecule has 0 atom stereocenters. The van der Waals surface area contributed by atoms with E-state index in [0.29, 0.717) is 16.4 Å². The van der Waals surface area contributed by atoms with Gasteiger partial charge in [-0.2, -0.15) is 0 Å². The summed E-state index contributed by atoms with van der Waals surface area (Å²) in [7, 11) is 1.82. The Morgan fingerprint density at radius 1 is 1.39 bits per heavy atom. The van der Waals surface area contributed by atoms with Gasteiger partial charge in [-0.15, -0.1) is 0 Å². The summed E-state index contributed by atoms with van der Waals surface area (Å²) in [5.74, 6) is -0.185. The number of halogens is 2. The van der Waals surface area contributed by atoms with E-state index >= 15 is 0 Å². The predicted octanol–water partition coefficient (Wildman–Crippen LogP) is 4.00. The highest BCUT2D eigenvalue weighted by Gasteiger charge is 2.12. The minimum Gasteiger partial charge on any atom is -0.345 e. The van der Waals surface area contributed by atoms with Crippen LogP contribution in [0.25, 0.3) is 0 Å². The zero-order chi connectivity index (χ0) is 13.3. The van der Waals surface area contributed by atoms with Crippen LogP contribution in [0.2, 0.25) is 5.02 Å². The highest BCUT2D eigenvalue weighted by Crippen LogP contribution is 2.24. The van der Waals surface area contributed by atoms with Crippen molar-refractivity contribution in [3.63, 3.8) is 0 Å². The average Bonchev–Trinajstić information content (AvgIpc) is 2.63. The molecule has 1 N–H and O–H groups in total. The van der Waals surface area contributed by atoms with Gasteiger partial charge in [-0.1, -0.05) is 17.7 Å². The van der Waals surface area contributed by atoms with Crippen LogP contribution in [-0.4, -0.2) is 10.5 Å². The summed E-state index contributed by atoms with van der Waals surface area (Å²) in [4.78, 5) is 12.1. The second-order valence-corrected chi connectivity index (χ2v) is 5.41. The van der Waals surface area contributed by atoms with Crippen molar-refractivity contribution in [2.75, 3.05) is 5.32 Å². The summed E-state index contributed by atoms with van der Waals surface area (Å²) in [5, 5.41) is 3.34. The van der Waals surface area contributed by atoms with Gasteiger partial charge >= 0.3 is 0 Å². The highest BCUT2D eigenvalue weighted by molar-refractivity contribution is 9.10. The number of carbonyl (C=O) groups excluding carboxylic acids is 1. The van der Waals surface area contributed by atoms with Gasteiger partial charge in [0.2, 0.25) is 0 Å². The molecule has 0 spiro atoms. The number of amides is 1. The van der Waals surface area contributed by atoms with Crippen LogP contribution in [0.5, 0.6) is 0 Å². The van der Waals surface area contributed by atoms with Crippen LogP contribution in [0.1, 0.15) is 16.1 Å². The first-order valence-corrected chi connectivity index (χ1v) is 6.54. The fourth-order valence-corrected chi connectivity index (χ4v) is 2.36. The van der Waals surface area contributed by atoms with Crippen molar-refractivity contribution in [3.05, 3.63) is 51.2 Å². The van der Waals surface area contributed by atoms with Crippen molar-refractivity contribution in [1.82, 2.24) is 4.57 Å². The van der Waals surface area contributed by atoms with E-state index in [-0.39, 0.29) is 5.91 Å². The van der Waals surface area contributed by atoms with Gasteiger partial charge in [0.15, 0.2) is 0 Å². The largest absolute Gasteiger partial charge is 0.345 e. The van der Waals surface area contributed by atoms with E-state index in [1.807, 2.05) is 32.3 Å². The average molecular weight is 328 g/mol. The molecular formula is C13H12BrClN2O. The van der Waals surface area contributed by atoms with Gasteiger partial charge in [0.1, 0.15) is 5.69 Å². The molecule has 0 radical (unpaired) electrons. The van der Waals surface area contributed by atoms with Gasteiger partial charge in [-0.05, 0) is 46.6 Å². The number of nitrogens with zero attached hydrogens (tertiary/aromatic N) is 1. The molecule has 1 heterocycles. The molecule has 0 aliphatic rings. The van der Waals surface area contributed by atoms with Gasteiger partial charge in [0.05, 0.1) is 10.7 Å². The summed E-state index contributed by atoms with van der Waals surface area (Å²) in [5.41, 5.74) is 2.24. The molecule has 3 nitrogen and oxygen atoms in total. The number of anilines is 1. The molecule has 1 amide bonds. The number of rotatable bonds is 2. The molecule has 0 aliphatic heterocycles. The molecule has 2 aromatic rings. The van der Waals surface area contributed by atoms with Crippen LogP contribution in [0.15, 0.2) is 34.9 Å². The Morgan fingerprint density at radius 2 is 2.11 bits per heavy atom. The second-order valence-electron chi connectivity index (χ2n) is 4.09. The molecule has 18 heavy (non-hydrogen) atoms. The third-order valence-corrected chi connectivity index (χ3v) is 3.34. The number of nitrogens with one attached hydrogen (secondary N) is 1. The van der Waals surface area contributed by atoms with E-state index in [4.69, 9.17) is 11.6 Å². The second kappa shape index (κ2) is 5.16. The SMILES string of the molecule is Cc1ccc(Cl)c(NC(=O)c2cc(Br)cn2C)c1. The fourth-order valence-electron chi connectivity index (χ4n) is 1.67. The number of benzene rings is 1.